The van der Waals surface area contributed by atoms with Crippen LogP contribution in [0.4, 0.5) is 5.82 Å². The number of pyridine rings is 1. The molecule has 1 fully saturated rings. The van der Waals surface area contributed by atoms with Crippen LogP contribution in [0.5, 0.6) is 0 Å². The van der Waals surface area contributed by atoms with Gasteiger partial charge in [0.05, 0.1) is 4.91 Å². The fourth-order valence-corrected chi connectivity index (χ4v) is 3.97. The van der Waals surface area contributed by atoms with Gasteiger partial charge in [-0.1, -0.05) is 40.2 Å². The van der Waals surface area contributed by atoms with Crippen LogP contribution in [0.2, 0.25) is 0 Å². The maximum Gasteiger partial charge on any atom is 0.267 e. The highest BCUT2D eigenvalue weighted by atomic mass is 79.9. The normalized spacial score (nSPS) is 16.7. The number of amides is 1. The highest BCUT2D eigenvalue weighted by Crippen LogP contribution is 2.34. The average Bonchev–Trinajstić information content (AvgIpc) is 3.30. The van der Waals surface area contributed by atoms with Crippen molar-refractivity contribution in [3.63, 3.8) is 0 Å². The summed E-state index contributed by atoms with van der Waals surface area (Å²) in [6.07, 6.45) is 5.09. The van der Waals surface area contributed by atoms with Gasteiger partial charge in [0, 0.05) is 28.9 Å². The largest absolute Gasteiger partial charge is 0.457 e. The first-order chi connectivity index (χ1) is 14.1. The van der Waals surface area contributed by atoms with Crippen LogP contribution in [0.3, 0.4) is 0 Å². The second-order valence-electron chi connectivity index (χ2n) is 6.11. The molecule has 0 saturated carbocycles. The number of hydrogen-bond donors (Lipinski definition) is 0. The number of carbonyl (C=O) groups is 1. The third-order valence-electron chi connectivity index (χ3n) is 4.09. The third kappa shape index (κ3) is 4.41. The highest BCUT2D eigenvalue weighted by molar-refractivity contribution is 9.10. The SMILES string of the molecule is C=CCN1C(=O)/C(=C\c2ccc(-c3ccc(Br)cc3)o2)S/C1=N/c1ccccn1. The first kappa shape index (κ1) is 19.4. The van der Waals surface area contributed by atoms with E-state index in [9.17, 15) is 4.79 Å². The molecule has 0 aliphatic carbocycles. The number of thioether (sulfide) groups is 1. The predicted octanol–water partition coefficient (Wildman–Crippen LogP) is 5.89. The Balaban J connectivity index is 1.62. The van der Waals surface area contributed by atoms with E-state index >= 15 is 0 Å². The van der Waals surface area contributed by atoms with Crippen molar-refractivity contribution in [2.75, 3.05) is 6.54 Å². The number of aliphatic imine (C=N–C) groups is 1. The molecule has 0 spiro atoms. The van der Waals surface area contributed by atoms with Crippen LogP contribution >= 0.6 is 27.7 Å². The smallest absolute Gasteiger partial charge is 0.267 e. The van der Waals surface area contributed by atoms with E-state index in [0.29, 0.717) is 28.2 Å². The Morgan fingerprint density at radius 2 is 2.00 bits per heavy atom. The molecule has 0 N–H and O–H groups in total. The monoisotopic (exact) mass is 465 g/mol. The Hall–Kier alpha value is -2.90. The van der Waals surface area contributed by atoms with Crippen molar-refractivity contribution < 1.29 is 9.21 Å². The summed E-state index contributed by atoms with van der Waals surface area (Å²) < 4.78 is 6.93. The first-order valence-electron chi connectivity index (χ1n) is 8.82. The van der Waals surface area contributed by atoms with Crippen molar-refractivity contribution >= 4 is 50.7 Å². The van der Waals surface area contributed by atoms with Crippen molar-refractivity contribution in [1.29, 1.82) is 0 Å². The molecule has 3 heterocycles. The van der Waals surface area contributed by atoms with Crippen LogP contribution in [0, 0.1) is 0 Å². The van der Waals surface area contributed by atoms with Gasteiger partial charge < -0.3 is 4.42 Å². The fraction of sp³-hybridized carbons (Fsp3) is 0.0455. The van der Waals surface area contributed by atoms with E-state index in [1.165, 1.54) is 11.8 Å². The Kier molecular flexibility index (Phi) is 5.78. The zero-order chi connectivity index (χ0) is 20.2. The lowest BCUT2D eigenvalue weighted by Gasteiger charge is -2.12. The third-order valence-corrected chi connectivity index (χ3v) is 5.62. The zero-order valence-electron chi connectivity index (χ0n) is 15.3. The summed E-state index contributed by atoms with van der Waals surface area (Å²) in [6, 6.07) is 17.1. The van der Waals surface area contributed by atoms with Gasteiger partial charge in [-0.3, -0.25) is 9.69 Å². The molecule has 1 saturated heterocycles. The molecule has 144 valence electrons. The second kappa shape index (κ2) is 8.63. The number of carbonyl (C=O) groups excluding carboxylic acids is 1. The van der Waals surface area contributed by atoms with Crippen LogP contribution in [0.1, 0.15) is 5.76 Å². The topological polar surface area (TPSA) is 58.7 Å². The molecule has 3 aromatic rings. The molecule has 7 heteroatoms. The van der Waals surface area contributed by atoms with Gasteiger partial charge in [0.2, 0.25) is 0 Å². The molecule has 2 aromatic heterocycles. The number of aromatic nitrogens is 1. The molecule has 29 heavy (non-hydrogen) atoms. The minimum atomic E-state index is -0.133. The molecule has 0 radical (unpaired) electrons. The molecule has 1 aliphatic rings. The van der Waals surface area contributed by atoms with Gasteiger partial charge >= 0.3 is 0 Å². The maximum atomic E-state index is 12.9. The number of furan rings is 1. The van der Waals surface area contributed by atoms with Gasteiger partial charge in [-0.15, -0.1) is 6.58 Å². The molecule has 0 atom stereocenters. The molecule has 1 aliphatic heterocycles. The second-order valence-corrected chi connectivity index (χ2v) is 8.03. The van der Waals surface area contributed by atoms with Crippen LogP contribution in [0.15, 0.2) is 92.2 Å². The molecular weight excluding hydrogens is 450 g/mol. The Morgan fingerprint density at radius 3 is 2.72 bits per heavy atom. The number of benzene rings is 1. The first-order valence-corrected chi connectivity index (χ1v) is 10.4. The van der Waals surface area contributed by atoms with Gasteiger partial charge in [0.25, 0.3) is 5.91 Å². The maximum absolute atomic E-state index is 12.9. The van der Waals surface area contributed by atoms with Crippen molar-refractivity contribution in [2.45, 2.75) is 0 Å². The molecule has 5 nitrogen and oxygen atoms in total. The Bertz CT molecular complexity index is 1100. The van der Waals surface area contributed by atoms with E-state index in [2.05, 4.69) is 32.5 Å². The van der Waals surface area contributed by atoms with Crippen LogP contribution in [0.25, 0.3) is 17.4 Å². The number of rotatable bonds is 5. The number of amidine groups is 1. The Labute approximate surface area is 181 Å². The highest BCUT2D eigenvalue weighted by Gasteiger charge is 2.33. The minimum absolute atomic E-state index is 0.133. The summed E-state index contributed by atoms with van der Waals surface area (Å²) in [6.45, 7) is 4.11. The number of nitrogens with zero attached hydrogens (tertiary/aromatic N) is 3. The fourth-order valence-electron chi connectivity index (χ4n) is 2.73. The predicted molar refractivity (Wildman–Crippen MR) is 121 cm³/mol. The van der Waals surface area contributed by atoms with E-state index in [0.717, 1.165) is 15.8 Å². The Morgan fingerprint density at radius 1 is 1.17 bits per heavy atom. The zero-order valence-corrected chi connectivity index (χ0v) is 17.7. The van der Waals surface area contributed by atoms with Gasteiger partial charge in [-0.05, 0) is 48.2 Å². The summed E-state index contributed by atoms with van der Waals surface area (Å²) in [4.78, 5) is 23.7. The summed E-state index contributed by atoms with van der Waals surface area (Å²) >= 11 is 4.73. The van der Waals surface area contributed by atoms with Gasteiger partial charge in [-0.25, -0.2) is 9.98 Å². The van der Waals surface area contributed by atoms with Gasteiger partial charge in [0.1, 0.15) is 11.5 Å². The van der Waals surface area contributed by atoms with E-state index in [1.54, 1.807) is 29.3 Å². The van der Waals surface area contributed by atoms with Gasteiger partial charge in [0.15, 0.2) is 11.0 Å². The summed E-state index contributed by atoms with van der Waals surface area (Å²) in [5.41, 5.74) is 0.967. The lowest BCUT2D eigenvalue weighted by Crippen LogP contribution is -2.29. The summed E-state index contributed by atoms with van der Waals surface area (Å²) in [7, 11) is 0. The van der Waals surface area contributed by atoms with E-state index in [-0.39, 0.29) is 5.91 Å². The molecule has 1 amide bonds. The molecule has 0 bridgehead atoms. The summed E-state index contributed by atoms with van der Waals surface area (Å²) in [5.74, 6) is 1.77. The van der Waals surface area contributed by atoms with Crippen LogP contribution in [-0.4, -0.2) is 27.5 Å². The molecule has 0 unspecified atom stereocenters. The van der Waals surface area contributed by atoms with Crippen LogP contribution < -0.4 is 0 Å². The van der Waals surface area contributed by atoms with Crippen molar-refractivity contribution in [3.8, 4) is 11.3 Å². The lowest BCUT2D eigenvalue weighted by atomic mass is 10.2. The average molecular weight is 466 g/mol. The number of halogens is 1. The summed E-state index contributed by atoms with van der Waals surface area (Å²) in [5, 5.41) is 0.569. The quantitative estimate of drug-likeness (QED) is 0.347. The van der Waals surface area contributed by atoms with E-state index in [1.807, 2.05) is 48.5 Å². The molecular formula is C22H16BrN3O2S. The van der Waals surface area contributed by atoms with Gasteiger partial charge in [-0.2, -0.15) is 0 Å². The molecule has 4 rings (SSSR count). The standard InChI is InChI=1S/C22H16BrN3O2S/c1-2-13-26-21(27)19(29-22(26)25-20-5-3-4-12-24-20)14-17-10-11-18(28-17)15-6-8-16(23)9-7-15/h2-12,14H,1,13H2/b19-14+,25-22+. The van der Waals surface area contributed by atoms with Crippen LogP contribution in [-0.2, 0) is 4.79 Å². The minimum Gasteiger partial charge on any atom is -0.457 e. The van der Waals surface area contributed by atoms with E-state index < -0.39 is 0 Å². The number of hydrogen-bond acceptors (Lipinski definition) is 5. The van der Waals surface area contributed by atoms with Crippen molar-refractivity contribution in [3.05, 3.63) is 88.6 Å². The van der Waals surface area contributed by atoms with E-state index in [4.69, 9.17) is 4.42 Å². The van der Waals surface area contributed by atoms with Crippen molar-refractivity contribution in [1.82, 2.24) is 9.88 Å². The molecule has 1 aromatic carbocycles. The van der Waals surface area contributed by atoms with Crippen molar-refractivity contribution in [2.24, 2.45) is 4.99 Å². The lowest BCUT2D eigenvalue weighted by molar-refractivity contribution is -0.121.